The zero-order valence-corrected chi connectivity index (χ0v) is 11.4. The Bertz CT molecular complexity index is 467. The van der Waals surface area contributed by atoms with E-state index < -0.39 is 0 Å². The molecule has 2 nitrogen and oxygen atoms in total. The third-order valence-corrected chi connectivity index (χ3v) is 4.65. The molecule has 1 aliphatic rings. The van der Waals surface area contributed by atoms with Crippen LogP contribution in [0.3, 0.4) is 0 Å². The molecule has 1 saturated heterocycles. The molecule has 2 aromatic rings. The van der Waals surface area contributed by atoms with Crippen LogP contribution < -0.4 is 5.32 Å². The van der Waals surface area contributed by atoms with Gasteiger partial charge in [-0.2, -0.15) is 0 Å². The van der Waals surface area contributed by atoms with Gasteiger partial charge >= 0.3 is 0 Å². The lowest BCUT2D eigenvalue weighted by Gasteiger charge is -2.08. The van der Waals surface area contributed by atoms with E-state index in [0.29, 0.717) is 0 Å². The smallest absolute Gasteiger partial charge is 0.0732 e. The minimum atomic E-state index is 0.785. The number of benzene rings is 1. The lowest BCUT2D eigenvalue weighted by molar-refractivity contribution is 0.553. The monoisotopic (exact) mass is 260 g/mol. The predicted octanol–water partition coefficient (Wildman–Crippen LogP) is 3.79. The molecule has 0 radical (unpaired) electrons. The van der Waals surface area contributed by atoms with Crippen LogP contribution in [0.2, 0.25) is 0 Å². The summed E-state index contributed by atoms with van der Waals surface area (Å²) >= 11 is 1.95. The number of rotatable bonds is 5. The largest absolute Gasteiger partial charge is 0.350 e. The molecule has 0 spiro atoms. The number of aromatic amines is 1. The third kappa shape index (κ3) is 2.90. The molecule has 18 heavy (non-hydrogen) atoms. The summed E-state index contributed by atoms with van der Waals surface area (Å²) in [6.07, 6.45) is 5.36. The number of nitrogens with one attached hydrogen (secondary N) is 2. The van der Waals surface area contributed by atoms with E-state index in [1.54, 1.807) is 0 Å². The van der Waals surface area contributed by atoms with Crippen LogP contribution in [0.1, 0.15) is 25.7 Å². The number of H-pyrrole nitrogens is 1. The molecule has 3 heteroatoms. The molecule has 1 atom stereocenters. The lowest BCUT2D eigenvalue weighted by Crippen LogP contribution is -2.20. The number of hydrogen-bond acceptors (Lipinski definition) is 2. The molecule has 1 unspecified atom stereocenters. The van der Waals surface area contributed by atoms with Gasteiger partial charge in [-0.05, 0) is 50.1 Å². The van der Waals surface area contributed by atoms with Crippen molar-refractivity contribution in [3.63, 3.8) is 0 Å². The van der Waals surface area contributed by atoms with E-state index in [0.717, 1.165) is 6.04 Å². The second-order valence-corrected chi connectivity index (χ2v) is 6.14. The zero-order valence-electron chi connectivity index (χ0n) is 10.6. The number of fused-ring (bicyclic) bond motifs is 1. The Kier molecular flexibility index (Phi) is 3.91. The molecule has 0 aliphatic carbocycles. The van der Waals surface area contributed by atoms with Crippen LogP contribution in [-0.4, -0.2) is 23.3 Å². The van der Waals surface area contributed by atoms with Crippen LogP contribution in [0.4, 0.5) is 0 Å². The van der Waals surface area contributed by atoms with Gasteiger partial charge in [-0.1, -0.05) is 18.2 Å². The van der Waals surface area contributed by atoms with Crippen molar-refractivity contribution in [2.45, 2.75) is 36.8 Å². The maximum absolute atomic E-state index is 3.56. The van der Waals surface area contributed by atoms with Gasteiger partial charge in [-0.15, -0.1) is 11.8 Å². The molecule has 1 aromatic carbocycles. The van der Waals surface area contributed by atoms with Gasteiger partial charge in [-0.25, -0.2) is 0 Å². The molecule has 0 bridgehead atoms. The summed E-state index contributed by atoms with van der Waals surface area (Å²) in [5.41, 5.74) is 1.25. The second-order valence-electron chi connectivity index (χ2n) is 5.00. The highest BCUT2D eigenvalue weighted by molar-refractivity contribution is 7.99. The average Bonchev–Trinajstić information content (AvgIpc) is 3.03. The molecule has 1 aromatic heterocycles. The SMILES string of the molecule is c1ccc2[nH]c(SCCCC3CCCN3)cc2c1. The number of thioether (sulfide) groups is 1. The highest BCUT2D eigenvalue weighted by atomic mass is 32.2. The van der Waals surface area contributed by atoms with Crippen LogP contribution in [0, 0.1) is 0 Å². The second kappa shape index (κ2) is 5.81. The molecule has 1 aliphatic heterocycles. The first-order valence-electron chi connectivity index (χ1n) is 6.86. The van der Waals surface area contributed by atoms with E-state index in [2.05, 4.69) is 40.6 Å². The highest BCUT2D eigenvalue weighted by Crippen LogP contribution is 2.24. The van der Waals surface area contributed by atoms with Crippen molar-refractivity contribution < 1.29 is 0 Å². The van der Waals surface area contributed by atoms with E-state index in [9.17, 15) is 0 Å². The summed E-state index contributed by atoms with van der Waals surface area (Å²) in [5.74, 6) is 1.21. The van der Waals surface area contributed by atoms with E-state index in [1.165, 1.54) is 53.9 Å². The van der Waals surface area contributed by atoms with Crippen molar-refractivity contribution in [1.82, 2.24) is 10.3 Å². The van der Waals surface area contributed by atoms with Gasteiger partial charge in [0, 0.05) is 16.9 Å². The summed E-state index contributed by atoms with van der Waals surface area (Å²) in [4.78, 5) is 3.47. The fourth-order valence-electron chi connectivity index (χ4n) is 2.64. The molecular weight excluding hydrogens is 240 g/mol. The van der Waals surface area contributed by atoms with Gasteiger partial charge in [-0.3, -0.25) is 0 Å². The third-order valence-electron chi connectivity index (χ3n) is 3.62. The van der Waals surface area contributed by atoms with Gasteiger partial charge in [0.25, 0.3) is 0 Å². The number of para-hydroxylation sites is 1. The quantitative estimate of drug-likeness (QED) is 0.632. The number of hydrogen-bond donors (Lipinski definition) is 2. The molecular formula is C15H20N2S. The summed E-state index contributed by atoms with van der Waals surface area (Å²) in [6.45, 7) is 1.22. The molecule has 0 saturated carbocycles. The fourth-order valence-corrected chi connectivity index (χ4v) is 3.56. The van der Waals surface area contributed by atoms with Crippen molar-refractivity contribution in [3.8, 4) is 0 Å². The average molecular weight is 260 g/mol. The molecule has 2 N–H and O–H groups in total. The first-order valence-corrected chi connectivity index (χ1v) is 7.84. The van der Waals surface area contributed by atoms with E-state index >= 15 is 0 Å². The normalized spacial score (nSPS) is 19.7. The van der Waals surface area contributed by atoms with Crippen LogP contribution in [-0.2, 0) is 0 Å². The summed E-state index contributed by atoms with van der Waals surface area (Å²) in [7, 11) is 0. The summed E-state index contributed by atoms with van der Waals surface area (Å²) in [6, 6.07) is 11.5. The van der Waals surface area contributed by atoms with E-state index in [-0.39, 0.29) is 0 Å². The first kappa shape index (κ1) is 12.1. The highest BCUT2D eigenvalue weighted by Gasteiger charge is 2.12. The molecule has 96 valence electrons. The van der Waals surface area contributed by atoms with Crippen LogP contribution >= 0.6 is 11.8 Å². The Morgan fingerprint density at radius 2 is 2.22 bits per heavy atom. The van der Waals surface area contributed by atoms with Crippen molar-refractivity contribution in [2.75, 3.05) is 12.3 Å². The standard InChI is InChI=1S/C15H20N2S/c1-2-8-14-12(5-1)11-15(17-14)18-10-4-7-13-6-3-9-16-13/h1-2,5,8,11,13,16-17H,3-4,6-7,9-10H2. The maximum Gasteiger partial charge on any atom is 0.0732 e. The van der Waals surface area contributed by atoms with Crippen LogP contribution in [0.5, 0.6) is 0 Å². The van der Waals surface area contributed by atoms with Crippen molar-refractivity contribution in [1.29, 1.82) is 0 Å². The van der Waals surface area contributed by atoms with Crippen molar-refractivity contribution >= 4 is 22.7 Å². The zero-order chi connectivity index (χ0) is 12.2. The minimum absolute atomic E-state index is 0.785. The van der Waals surface area contributed by atoms with Gasteiger partial charge in [0.2, 0.25) is 0 Å². The minimum Gasteiger partial charge on any atom is -0.350 e. The summed E-state index contributed by atoms with van der Waals surface area (Å²) < 4.78 is 0. The van der Waals surface area contributed by atoms with Gasteiger partial charge in [0.1, 0.15) is 0 Å². The summed E-state index contributed by atoms with van der Waals surface area (Å²) in [5, 5.41) is 6.18. The molecule has 3 rings (SSSR count). The Balaban J connectivity index is 1.47. The van der Waals surface area contributed by atoms with Crippen LogP contribution in [0.25, 0.3) is 10.9 Å². The van der Waals surface area contributed by atoms with Gasteiger partial charge < -0.3 is 10.3 Å². The van der Waals surface area contributed by atoms with Crippen molar-refractivity contribution in [2.24, 2.45) is 0 Å². The van der Waals surface area contributed by atoms with E-state index in [1.807, 2.05) is 11.8 Å². The fraction of sp³-hybridized carbons (Fsp3) is 0.467. The number of aromatic nitrogens is 1. The van der Waals surface area contributed by atoms with Gasteiger partial charge in [0.15, 0.2) is 0 Å². The topological polar surface area (TPSA) is 27.8 Å². The maximum atomic E-state index is 3.56. The molecule has 1 fully saturated rings. The molecule has 0 amide bonds. The molecule has 2 heterocycles. The van der Waals surface area contributed by atoms with Gasteiger partial charge in [0.05, 0.1) is 5.03 Å². The predicted molar refractivity (Wildman–Crippen MR) is 79.3 cm³/mol. The Morgan fingerprint density at radius 3 is 3.06 bits per heavy atom. The Hall–Kier alpha value is -0.930. The first-order chi connectivity index (χ1) is 8.92. The van der Waals surface area contributed by atoms with E-state index in [4.69, 9.17) is 0 Å². The van der Waals surface area contributed by atoms with Crippen LogP contribution in [0.15, 0.2) is 35.4 Å². The lowest BCUT2D eigenvalue weighted by atomic mass is 10.1. The van der Waals surface area contributed by atoms with Crippen molar-refractivity contribution in [3.05, 3.63) is 30.3 Å². The Morgan fingerprint density at radius 1 is 1.28 bits per heavy atom. The Labute approximate surface area is 113 Å².